The van der Waals surface area contributed by atoms with Crippen LogP contribution in [0.1, 0.15) is 40.0 Å². The van der Waals surface area contributed by atoms with Crippen LogP contribution in [-0.2, 0) is 9.53 Å². The maximum absolute atomic E-state index is 11.2. The highest BCUT2D eigenvalue weighted by Crippen LogP contribution is 2.65. The summed E-state index contributed by atoms with van der Waals surface area (Å²) < 4.78 is 4.67. The molecule has 2 rings (SSSR count). The molecule has 3 unspecified atom stereocenters. The minimum absolute atomic E-state index is 0.163. The van der Waals surface area contributed by atoms with Gasteiger partial charge in [0.2, 0.25) is 0 Å². The molecule has 0 radical (unpaired) electrons. The lowest BCUT2D eigenvalue weighted by molar-refractivity contribution is -0.139. The quantitative estimate of drug-likeness (QED) is 0.746. The van der Waals surface area contributed by atoms with E-state index in [2.05, 4.69) is 30.8 Å². The van der Waals surface area contributed by atoms with Gasteiger partial charge in [0.15, 0.2) is 0 Å². The second-order valence-corrected chi connectivity index (χ2v) is 6.12. The zero-order valence-corrected chi connectivity index (χ0v) is 10.8. The van der Waals surface area contributed by atoms with Gasteiger partial charge < -0.3 is 10.1 Å². The predicted octanol–water partition coefficient (Wildman–Crippen LogP) is 1.96. The number of carbonyl (C=O) groups is 1. The molecule has 3 heteroatoms. The van der Waals surface area contributed by atoms with Crippen molar-refractivity contribution in [3.05, 3.63) is 0 Å². The maximum Gasteiger partial charge on any atom is 0.319 e. The number of nitrogens with one attached hydrogen (secondary N) is 1. The number of methoxy groups -OCH3 is 1. The van der Waals surface area contributed by atoms with Crippen LogP contribution in [0.3, 0.4) is 0 Å². The number of rotatable bonds is 3. The van der Waals surface area contributed by atoms with Gasteiger partial charge >= 0.3 is 5.97 Å². The molecule has 0 heterocycles. The molecule has 0 aromatic rings. The van der Waals surface area contributed by atoms with Crippen LogP contribution < -0.4 is 5.32 Å². The molecule has 2 aliphatic rings. The number of esters is 1. The van der Waals surface area contributed by atoms with E-state index in [4.69, 9.17) is 0 Å². The summed E-state index contributed by atoms with van der Waals surface area (Å²) in [6, 6.07) is 0.473. The van der Waals surface area contributed by atoms with Crippen molar-refractivity contribution in [2.45, 2.75) is 46.1 Å². The van der Waals surface area contributed by atoms with E-state index in [0.29, 0.717) is 23.4 Å². The highest BCUT2D eigenvalue weighted by molar-refractivity contribution is 5.71. The van der Waals surface area contributed by atoms with Gasteiger partial charge in [0, 0.05) is 6.04 Å². The lowest BCUT2D eigenvalue weighted by Crippen LogP contribution is -2.46. The Hall–Kier alpha value is -0.570. The summed E-state index contributed by atoms with van der Waals surface area (Å²) in [6.07, 6.45) is 3.84. The lowest BCUT2D eigenvalue weighted by atomic mass is 9.69. The summed E-state index contributed by atoms with van der Waals surface area (Å²) in [6.45, 7) is 7.48. The van der Waals surface area contributed by atoms with E-state index in [1.807, 2.05) is 0 Å². The first kappa shape index (κ1) is 11.9. The van der Waals surface area contributed by atoms with Crippen LogP contribution in [0, 0.1) is 16.7 Å². The van der Waals surface area contributed by atoms with Crippen LogP contribution in [0.5, 0.6) is 0 Å². The number of fused-ring (bicyclic) bond motifs is 2. The van der Waals surface area contributed by atoms with Gasteiger partial charge in [0.25, 0.3) is 0 Å². The standard InChI is InChI=1S/C13H23NO2/c1-12(2)9-5-6-13(12,3)10(7-9)14-8-11(15)16-4/h9-10,14H,5-8H2,1-4H3. The molecule has 0 spiro atoms. The van der Waals surface area contributed by atoms with Crippen molar-refractivity contribution in [1.82, 2.24) is 5.32 Å². The summed E-state index contributed by atoms with van der Waals surface area (Å²) in [5.41, 5.74) is 0.743. The second-order valence-electron chi connectivity index (χ2n) is 6.12. The highest BCUT2D eigenvalue weighted by atomic mass is 16.5. The molecule has 0 saturated heterocycles. The third kappa shape index (κ3) is 1.48. The van der Waals surface area contributed by atoms with Gasteiger partial charge in [-0.25, -0.2) is 0 Å². The molecule has 16 heavy (non-hydrogen) atoms. The molecule has 0 aromatic heterocycles. The number of hydrogen-bond donors (Lipinski definition) is 1. The monoisotopic (exact) mass is 225 g/mol. The summed E-state index contributed by atoms with van der Waals surface area (Å²) in [5.74, 6) is 0.650. The Balaban J connectivity index is 2.02. The molecule has 3 atom stereocenters. The van der Waals surface area contributed by atoms with Crippen molar-refractivity contribution >= 4 is 5.97 Å². The van der Waals surface area contributed by atoms with Crippen LogP contribution in [0.15, 0.2) is 0 Å². The van der Waals surface area contributed by atoms with Gasteiger partial charge in [-0.05, 0) is 36.0 Å². The van der Waals surface area contributed by atoms with Crippen LogP contribution >= 0.6 is 0 Å². The molecule has 0 aromatic carbocycles. The smallest absolute Gasteiger partial charge is 0.319 e. The van der Waals surface area contributed by atoms with E-state index in [0.717, 1.165) is 5.92 Å². The Kier molecular flexibility index (Phi) is 2.77. The fourth-order valence-electron chi connectivity index (χ4n) is 3.79. The normalized spacial score (nSPS) is 40.0. The SMILES string of the molecule is COC(=O)CNC1CC2CCC1(C)C2(C)C. The first-order valence-corrected chi connectivity index (χ1v) is 6.22. The van der Waals surface area contributed by atoms with Crippen LogP contribution in [0.25, 0.3) is 0 Å². The molecule has 2 saturated carbocycles. The van der Waals surface area contributed by atoms with E-state index in [1.165, 1.54) is 26.4 Å². The molecule has 0 amide bonds. The van der Waals surface area contributed by atoms with Crippen molar-refractivity contribution in [2.75, 3.05) is 13.7 Å². The van der Waals surface area contributed by atoms with Crippen molar-refractivity contribution in [3.8, 4) is 0 Å². The topological polar surface area (TPSA) is 38.3 Å². The van der Waals surface area contributed by atoms with Gasteiger partial charge in [-0.2, -0.15) is 0 Å². The van der Waals surface area contributed by atoms with Gasteiger partial charge in [-0.1, -0.05) is 20.8 Å². The van der Waals surface area contributed by atoms with Crippen LogP contribution in [-0.4, -0.2) is 25.7 Å². The summed E-state index contributed by atoms with van der Waals surface area (Å²) in [5, 5.41) is 3.39. The molecule has 2 bridgehead atoms. The molecule has 1 N–H and O–H groups in total. The minimum Gasteiger partial charge on any atom is -0.468 e. The summed E-state index contributed by atoms with van der Waals surface area (Å²) >= 11 is 0. The second kappa shape index (κ2) is 3.73. The third-order valence-electron chi connectivity index (χ3n) is 5.51. The largest absolute Gasteiger partial charge is 0.468 e. The van der Waals surface area contributed by atoms with E-state index >= 15 is 0 Å². The van der Waals surface area contributed by atoms with Gasteiger partial charge in [-0.15, -0.1) is 0 Å². The molecular formula is C13H23NO2. The fourth-order valence-corrected chi connectivity index (χ4v) is 3.79. The Labute approximate surface area is 97.9 Å². The van der Waals surface area contributed by atoms with Gasteiger partial charge in [0.05, 0.1) is 13.7 Å². The number of hydrogen-bond acceptors (Lipinski definition) is 3. The number of carbonyl (C=O) groups excluding carboxylic acids is 1. The van der Waals surface area contributed by atoms with Crippen LogP contribution in [0.4, 0.5) is 0 Å². The first-order chi connectivity index (χ1) is 7.41. The van der Waals surface area contributed by atoms with Crippen LogP contribution in [0.2, 0.25) is 0 Å². The molecule has 3 nitrogen and oxygen atoms in total. The van der Waals surface area contributed by atoms with Gasteiger partial charge in [-0.3, -0.25) is 4.79 Å². The highest BCUT2D eigenvalue weighted by Gasteiger charge is 2.61. The summed E-state index contributed by atoms with van der Waals surface area (Å²) in [7, 11) is 1.44. The Morgan fingerprint density at radius 1 is 1.44 bits per heavy atom. The average Bonchev–Trinajstić information content (AvgIpc) is 2.58. The molecular weight excluding hydrogens is 202 g/mol. The average molecular weight is 225 g/mol. The van der Waals surface area contributed by atoms with Crippen molar-refractivity contribution in [1.29, 1.82) is 0 Å². The first-order valence-electron chi connectivity index (χ1n) is 6.22. The van der Waals surface area contributed by atoms with Crippen molar-refractivity contribution in [3.63, 3.8) is 0 Å². The van der Waals surface area contributed by atoms with E-state index in [1.54, 1.807) is 0 Å². The zero-order valence-electron chi connectivity index (χ0n) is 10.8. The van der Waals surface area contributed by atoms with E-state index < -0.39 is 0 Å². The molecule has 2 aliphatic carbocycles. The minimum atomic E-state index is -0.163. The Morgan fingerprint density at radius 3 is 2.56 bits per heavy atom. The van der Waals surface area contributed by atoms with Crippen molar-refractivity contribution < 1.29 is 9.53 Å². The fraction of sp³-hybridized carbons (Fsp3) is 0.923. The lowest BCUT2D eigenvalue weighted by Gasteiger charge is -2.39. The number of ether oxygens (including phenoxy) is 1. The Bertz CT molecular complexity index is 300. The molecule has 0 aliphatic heterocycles. The molecule has 2 fully saturated rings. The van der Waals surface area contributed by atoms with E-state index in [-0.39, 0.29) is 5.97 Å². The molecule has 92 valence electrons. The maximum atomic E-state index is 11.2. The third-order valence-corrected chi connectivity index (χ3v) is 5.51. The van der Waals surface area contributed by atoms with E-state index in [9.17, 15) is 4.79 Å². The Morgan fingerprint density at radius 2 is 2.12 bits per heavy atom. The van der Waals surface area contributed by atoms with Crippen molar-refractivity contribution in [2.24, 2.45) is 16.7 Å². The predicted molar refractivity (Wildman–Crippen MR) is 63.0 cm³/mol. The summed E-state index contributed by atoms with van der Waals surface area (Å²) in [4.78, 5) is 11.2. The van der Waals surface area contributed by atoms with Gasteiger partial charge in [0.1, 0.15) is 0 Å². The zero-order chi connectivity index (χ0) is 12.0.